The quantitative estimate of drug-likeness (QED) is 0.802. The molecule has 0 aromatic rings. The van der Waals surface area contributed by atoms with Gasteiger partial charge < -0.3 is 15.4 Å². The number of carbonyl (C=O) groups is 1. The van der Waals surface area contributed by atoms with Crippen molar-refractivity contribution in [1.82, 2.24) is 10.6 Å². The second-order valence-corrected chi connectivity index (χ2v) is 6.41. The molecule has 0 saturated carbocycles. The number of ether oxygens (including phenoxy) is 1. The summed E-state index contributed by atoms with van der Waals surface area (Å²) in [6.45, 7) is 10.0. The number of hydrogen-bond donors (Lipinski definition) is 2. The fourth-order valence-corrected chi connectivity index (χ4v) is 2.45. The van der Waals surface area contributed by atoms with Gasteiger partial charge in [-0.05, 0) is 31.7 Å². The molecule has 4 nitrogen and oxygen atoms in total. The molecular weight excluding hydrogens is 228 g/mol. The lowest BCUT2D eigenvalue weighted by Crippen LogP contribution is -2.46. The van der Waals surface area contributed by atoms with Crippen LogP contribution >= 0.6 is 0 Å². The molecule has 1 rings (SSSR count). The maximum Gasteiger partial charge on any atom is 0.223 e. The van der Waals surface area contributed by atoms with Gasteiger partial charge in [0, 0.05) is 25.6 Å². The van der Waals surface area contributed by atoms with Crippen LogP contribution in [0.2, 0.25) is 0 Å². The Morgan fingerprint density at radius 3 is 2.67 bits per heavy atom. The molecule has 0 aliphatic carbocycles. The Morgan fingerprint density at radius 1 is 1.50 bits per heavy atom. The van der Waals surface area contributed by atoms with Gasteiger partial charge in [-0.15, -0.1) is 0 Å². The molecule has 2 N–H and O–H groups in total. The number of piperidine rings is 1. The highest BCUT2D eigenvalue weighted by molar-refractivity contribution is 5.78. The molecule has 1 saturated heterocycles. The zero-order valence-corrected chi connectivity index (χ0v) is 12.4. The molecule has 3 atom stereocenters. The molecule has 1 aliphatic heterocycles. The van der Waals surface area contributed by atoms with Crippen LogP contribution in [0.5, 0.6) is 0 Å². The Labute approximate surface area is 111 Å². The fraction of sp³-hybridized carbons (Fsp3) is 0.929. The molecule has 0 bridgehead atoms. The van der Waals surface area contributed by atoms with Crippen molar-refractivity contribution in [1.29, 1.82) is 0 Å². The Hall–Kier alpha value is -0.610. The van der Waals surface area contributed by atoms with Gasteiger partial charge in [-0.1, -0.05) is 20.8 Å². The summed E-state index contributed by atoms with van der Waals surface area (Å²) in [7, 11) is 1.70. The van der Waals surface area contributed by atoms with Crippen molar-refractivity contribution in [3.63, 3.8) is 0 Å². The lowest BCUT2D eigenvalue weighted by Gasteiger charge is -2.31. The number of carbonyl (C=O) groups excluding carboxylic acids is 1. The minimum absolute atomic E-state index is 0.0451. The molecule has 1 fully saturated rings. The van der Waals surface area contributed by atoms with E-state index in [1.54, 1.807) is 7.11 Å². The van der Waals surface area contributed by atoms with Gasteiger partial charge in [0.15, 0.2) is 0 Å². The van der Waals surface area contributed by atoms with E-state index in [-0.39, 0.29) is 23.3 Å². The first-order chi connectivity index (χ1) is 8.34. The molecule has 0 spiro atoms. The minimum Gasteiger partial charge on any atom is -0.379 e. The highest BCUT2D eigenvalue weighted by Crippen LogP contribution is 2.21. The van der Waals surface area contributed by atoms with Crippen LogP contribution in [0.4, 0.5) is 0 Å². The SMILES string of the molecule is COC(CNC(=O)[C@H]1CCN[C@@H](C)C1)C(C)(C)C. The maximum atomic E-state index is 12.1. The third-order valence-electron chi connectivity index (χ3n) is 3.71. The van der Waals surface area contributed by atoms with Gasteiger partial charge in [0.25, 0.3) is 0 Å². The second kappa shape index (κ2) is 6.53. The molecule has 4 heteroatoms. The van der Waals surface area contributed by atoms with E-state index in [2.05, 4.69) is 38.3 Å². The highest BCUT2D eigenvalue weighted by atomic mass is 16.5. The summed E-state index contributed by atoms with van der Waals surface area (Å²) in [6.07, 6.45) is 1.92. The predicted molar refractivity (Wildman–Crippen MR) is 73.5 cm³/mol. The highest BCUT2D eigenvalue weighted by Gasteiger charge is 2.28. The van der Waals surface area contributed by atoms with E-state index in [9.17, 15) is 4.79 Å². The summed E-state index contributed by atoms with van der Waals surface area (Å²) >= 11 is 0. The average Bonchev–Trinajstić information content (AvgIpc) is 2.27. The van der Waals surface area contributed by atoms with E-state index in [4.69, 9.17) is 4.74 Å². The first-order valence-electron chi connectivity index (χ1n) is 6.88. The van der Waals surface area contributed by atoms with E-state index in [1.165, 1.54) is 0 Å². The summed E-state index contributed by atoms with van der Waals surface area (Å²) in [6, 6.07) is 0.440. The largest absolute Gasteiger partial charge is 0.379 e. The van der Waals surface area contributed by atoms with Gasteiger partial charge in [0.1, 0.15) is 0 Å². The van der Waals surface area contributed by atoms with E-state index >= 15 is 0 Å². The first-order valence-corrected chi connectivity index (χ1v) is 6.88. The summed E-state index contributed by atoms with van der Waals surface area (Å²) in [4.78, 5) is 12.1. The van der Waals surface area contributed by atoms with Crippen molar-refractivity contribution < 1.29 is 9.53 Å². The van der Waals surface area contributed by atoms with Crippen molar-refractivity contribution in [2.75, 3.05) is 20.2 Å². The van der Waals surface area contributed by atoms with Crippen LogP contribution in [0.15, 0.2) is 0 Å². The summed E-state index contributed by atoms with van der Waals surface area (Å²) in [5, 5.41) is 6.40. The Bertz CT molecular complexity index is 273. The normalized spacial score (nSPS) is 26.7. The topological polar surface area (TPSA) is 50.4 Å². The van der Waals surface area contributed by atoms with Gasteiger partial charge in [0.2, 0.25) is 5.91 Å². The third-order valence-corrected chi connectivity index (χ3v) is 3.71. The lowest BCUT2D eigenvalue weighted by atomic mass is 9.88. The fourth-order valence-electron chi connectivity index (χ4n) is 2.45. The van der Waals surface area contributed by atoms with Crippen molar-refractivity contribution in [2.45, 2.75) is 52.7 Å². The van der Waals surface area contributed by atoms with E-state index in [0.29, 0.717) is 12.6 Å². The lowest BCUT2D eigenvalue weighted by molar-refractivity contribution is -0.127. The molecule has 1 amide bonds. The zero-order chi connectivity index (χ0) is 13.8. The third kappa shape index (κ3) is 4.58. The van der Waals surface area contributed by atoms with Crippen LogP contribution in [-0.4, -0.2) is 38.3 Å². The van der Waals surface area contributed by atoms with Crippen LogP contribution < -0.4 is 10.6 Å². The number of rotatable bonds is 4. The molecule has 0 aromatic carbocycles. The van der Waals surface area contributed by atoms with Crippen molar-refractivity contribution in [2.24, 2.45) is 11.3 Å². The molecule has 1 unspecified atom stereocenters. The van der Waals surface area contributed by atoms with Crippen molar-refractivity contribution in [3.8, 4) is 0 Å². The maximum absolute atomic E-state index is 12.1. The van der Waals surface area contributed by atoms with Gasteiger partial charge in [-0.3, -0.25) is 4.79 Å². The van der Waals surface area contributed by atoms with Crippen LogP contribution in [-0.2, 0) is 9.53 Å². The summed E-state index contributed by atoms with van der Waals surface area (Å²) in [5.74, 6) is 0.327. The summed E-state index contributed by atoms with van der Waals surface area (Å²) < 4.78 is 5.45. The molecule has 1 heterocycles. The minimum atomic E-state index is 0.0451. The first kappa shape index (κ1) is 15.4. The predicted octanol–water partition coefficient (Wildman–Crippen LogP) is 1.55. The monoisotopic (exact) mass is 256 g/mol. The number of hydrogen-bond acceptors (Lipinski definition) is 3. The molecule has 0 radical (unpaired) electrons. The molecule has 18 heavy (non-hydrogen) atoms. The zero-order valence-electron chi connectivity index (χ0n) is 12.4. The average molecular weight is 256 g/mol. The van der Waals surface area contributed by atoms with Crippen LogP contribution in [0, 0.1) is 11.3 Å². The molecule has 1 aliphatic rings. The molecule has 106 valence electrons. The Balaban J connectivity index is 2.40. The Morgan fingerprint density at radius 2 is 2.17 bits per heavy atom. The van der Waals surface area contributed by atoms with Gasteiger partial charge >= 0.3 is 0 Å². The van der Waals surface area contributed by atoms with Gasteiger partial charge in [0.05, 0.1) is 6.10 Å². The van der Waals surface area contributed by atoms with Crippen molar-refractivity contribution >= 4 is 5.91 Å². The molecule has 0 aromatic heterocycles. The van der Waals surface area contributed by atoms with E-state index in [1.807, 2.05) is 0 Å². The van der Waals surface area contributed by atoms with Crippen LogP contribution in [0.25, 0.3) is 0 Å². The number of amides is 1. The number of nitrogens with one attached hydrogen (secondary N) is 2. The van der Waals surface area contributed by atoms with Crippen molar-refractivity contribution in [3.05, 3.63) is 0 Å². The Kier molecular flexibility index (Phi) is 5.60. The smallest absolute Gasteiger partial charge is 0.223 e. The second-order valence-electron chi connectivity index (χ2n) is 6.41. The van der Waals surface area contributed by atoms with Gasteiger partial charge in [-0.2, -0.15) is 0 Å². The molecular formula is C14H28N2O2. The van der Waals surface area contributed by atoms with Crippen LogP contribution in [0.3, 0.4) is 0 Å². The van der Waals surface area contributed by atoms with Crippen LogP contribution in [0.1, 0.15) is 40.5 Å². The van der Waals surface area contributed by atoms with E-state index in [0.717, 1.165) is 19.4 Å². The summed E-state index contributed by atoms with van der Waals surface area (Å²) in [5.41, 5.74) is 0.0451. The van der Waals surface area contributed by atoms with Gasteiger partial charge in [-0.25, -0.2) is 0 Å². The van der Waals surface area contributed by atoms with E-state index < -0.39 is 0 Å². The standard InChI is InChI=1S/C14H28N2O2/c1-10-8-11(6-7-15-10)13(17)16-9-12(18-5)14(2,3)4/h10-12,15H,6-9H2,1-5H3,(H,16,17)/t10-,11-,12?/m0/s1. The number of methoxy groups -OCH3 is 1.